The first kappa shape index (κ1) is 20.1. The molecule has 0 saturated heterocycles. The molecule has 1 N–H and O–H groups in total. The second-order valence-electron chi connectivity index (χ2n) is 12.2. The van der Waals surface area contributed by atoms with E-state index in [-0.39, 0.29) is 5.41 Å². The second-order valence-corrected chi connectivity index (χ2v) is 12.2. The van der Waals surface area contributed by atoms with Gasteiger partial charge in [-0.05, 0) is 98.1 Å². The van der Waals surface area contributed by atoms with E-state index in [9.17, 15) is 5.11 Å². The molecule has 4 aliphatic carbocycles. The third kappa shape index (κ3) is 2.43. The summed E-state index contributed by atoms with van der Waals surface area (Å²) in [5.41, 5.74) is 4.40. The fourth-order valence-corrected chi connectivity index (χ4v) is 9.19. The van der Waals surface area contributed by atoms with Gasteiger partial charge in [0.15, 0.2) is 0 Å². The normalized spacial score (nSPS) is 41.8. The van der Waals surface area contributed by atoms with Crippen LogP contribution in [0.15, 0.2) is 36.5 Å². The highest BCUT2D eigenvalue weighted by molar-refractivity contribution is 5.86. The molecule has 7 rings (SSSR count). The largest absolute Gasteiger partial charge is 0.377 e. The van der Waals surface area contributed by atoms with Gasteiger partial charge < -0.3 is 9.51 Å². The van der Waals surface area contributed by atoms with Crippen molar-refractivity contribution in [3.63, 3.8) is 0 Å². The highest BCUT2D eigenvalue weighted by atomic mass is 16.3. The Labute approximate surface area is 196 Å². The van der Waals surface area contributed by atoms with E-state index in [1.54, 1.807) is 0 Å². The summed E-state index contributed by atoms with van der Waals surface area (Å²) in [7, 11) is 0. The summed E-state index contributed by atoms with van der Waals surface area (Å²) in [5, 5.41) is 12.6. The number of nitrogens with zero attached hydrogens (tertiary/aromatic N) is 2. The molecule has 0 amide bonds. The lowest BCUT2D eigenvalue weighted by Gasteiger charge is -2.60. The van der Waals surface area contributed by atoms with Crippen LogP contribution < -0.4 is 0 Å². The van der Waals surface area contributed by atoms with Crippen LogP contribution in [0, 0.1) is 46.8 Å². The van der Waals surface area contributed by atoms with Gasteiger partial charge >= 0.3 is 0 Å². The minimum absolute atomic E-state index is 0.115. The summed E-state index contributed by atoms with van der Waals surface area (Å²) < 4.78 is 2.31. The maximum atomic E-state index is 11.3. The van der Waals surface area contributed by atoms with E-state index in [2.05, 4.69) is 60.7 Å². The summed E-state index contributed by atoms with van der Waals surface area (Å²) in [6.07, 6.45) is 17.2. The Morgan fingerprint density at radius 1 is 1.09 bits per heavy atom. The summed E-state index contributed by atoms with van der Waals surface area (Å²) in [4.78, 5) is 5.18. The number of aromatic nitrogens is 2. The van der Waals surface area contributed by atoms with Gasteiger partial charge in [-0.3, -0.25) is 0 Å². The lowest BCUT2D eigenvalue weighted by Crippen LogP contribution is -2.56. The Kier molecular flexibility index (Phi) is 3.91. The Bertz CT molecular complexity index is 1330. The zero-order chi connectivity index (χ0) is 22.6. The van der Waals surface area contributed by atoms with Gasteiger partial charge in [0.25, 0.3) is 0 Å². The van der Waals surface area contributed by atoms with Crippen LogP contribution in [0.25, 0.3) is 16.6 Å². The van der Waals surface area contributed by atoms with Crippen molar-refractivity contribution in [2.75, 3.05) is 0 Å². The number of terminal acetylenes is 1. The Hall–Kier alpha value is -2.31. The molecule has 1 aromatic carbocycles. The number of hydrogen-bond acceptors (Lipinski definition) is 2. The molecule has 3 heteroatoms. The molecule has 3 aromatic rings. The molecule has 33 heavy (non-hydrogen) atoms. The maximum absolute atomic E-state index is 11.3. The van der Waals surface area contributed by atoms with E-state index >= 15 is 0 Å². The molecule has 2 heterocycles. The molecule has 3 nitrogen and oxygen atoms in total. The van der Waals surface area contributed by atoms with Crippen molar-refractivity contribution < 1.29 is 5.11 Å². The topological polar surface area (TPSA) is 37.5 Å². The van der Waals surface area contributed by atoms with Crippen LogP contribution in [0.3, 0.4) is 0 Å². The molecular weight excluding hydrogens is 404 g/mol. The third-order valence-electron chi connectivity index (χ3n) is 11.1. The van der Waals surface area contributed by atoms with Crippen LogP contribution in [0.4, 0.5) is 0 Å². The Morgan fingerprint density at radius 2 is 1.91 bits per heavy atom. The van der Waals surface area contributed by atoms with Crippen molar-refractivity contribution >= 4 is 16.6 Å². The number of para-hydroxylation sites is 1. The lowest BCUT2D eigenvalue weighted by atomic mass is 9.44. The van der Waals surface area contributed by atoms with Gasteiger partial charge in [0.2, 0.25) is 0 Å². The highest BCUT2D eigenvalue weighted by Crippen LogP contribution is 2.67. The zero-order valence-electron chi connectivity index (χ0n) is 19.8. The standard InChI is InChI=1S/C30H34N2O/c1-4-30(33)14-12-24-22-10-9-21-16-25-20(17-28(21,2)23(22)11-13-29(24,30)3)18-32-26-8-6-5-7-19(26)15-27(32)31-25/h1,5-8,15,18,21-24,33H,9-14,16-17H2,2-3H3/t21-,22+,23-,24-,28-,29-,30-/m0/s1. The van der Waals surface area contributed by atoms with E-state index in [1.165, 1.54) is 41.4 Å². The van der Waals surface area contributed by atoms with Gasteiger partial charge in [-0.1, -0.05) is 38.0 Å². The first-order valence-corrected chi connectivity index (χ1v) is 12.9. The molecule has 170 valence electrons. The Morgan fingerprint density at radius 3 is 2.76 bits per heavy atom. The number of hydrogen-bond donors (Lipinski definition) is 1. The minimum atomic E-state index is -0.912. The fraction of sp³-hybridized carbons (Fsp3) is 0.567. The van der Waals surface area contributed by atoms with Crippen molar-refractivity contribution in [2.24, 2.45) is 34.5 Å². The van der Waals surface area contributed by atoms with Crippen LogP contribution in [-0.2, 0) is 12.8 Å². The fourth-order valence-electron chi connectivity index (χ4n) is 9.19. The monoisotopic (exact) mass is 438 g/mol. The van der Waals surface area contributed by atoms with Gasteiger partial charge in [-0.2, -0.15) is 0 Å². The molecule has 2 aromatic heterocycles. The van der Waals surface area contributed by atoms with Gasteiger partial charge in [0.1, 0.15) is 11.2 Å². The van der Waals surface area contributed by atoms with Crippen LogP contribution in [-0.4, -0.2) is 20.1 Å². The molecule has 0 aliphatic heterocycles. The van der Waals surface area contributed by atoms with Crippen LogP contribution in [0.2, 0.25) is 0 Å². The maximum Gasteiger partial charge on any atom is 0.138 e. The van der Waals surface area contributed by atoms with E-state index in [1.807, 2.05) is 0 Å². The molecule has 3 saturated carbocycles. The van der Waals surface area contributed by atoms with Crippen molar-refractivity contribution in [1.82, 2.24) is 9.38 Å². The van der Waals surface area contributed by atoms with E-state index < -0.39 is 5.60 Å². The van der Waals surface area contributed by atoms with Gasteiger partial charge in [-0.15, -0.1) is 6.42 Å². The van der Waals surface area contributed by atoms with Gasteiger partial charge in [0.05, 0.1) is 5.52 Å². The van der Waals surface area contributed by atoms with Crippen LogP contribution in [0.1, 0.15) is 63.6 Å². The average Bonchev–Trinajstić information content (AvgIpc) is 3.30. The van der Waals surface area contributed by atoms with Crippen molar-refractivity contribution in [2.45, 2.75) is 70.8 Å². The molecule has 0 radical (unpaired) electrons. The molecule has 4 aliphatic rings. The quantitative estimate of drug-likeness (QED) is 0.450. The van der Waals surface area contributed by atoms with Gasteiger partial charge in [0, 0.05) is 22.7 Å². The summed E-state index contributed by atoms with van der Waals surface area (Å²) >= 11 is 0. The zero-order valence-corrected chi connectivity index (χ0v) is 19.8. The molecule has 0 spiro atoms. The molecular formula is C30H34N2O. The lowest BCUT2D eigenvalue weighted by molar-refractivity contribution is -0.127. The average molecular weight is 439 g/mol. The SMILES string of the molecule is C#C[C@]1(O)CC[C@H]2[C@@H]3CC[C@H]4Cc5nc6cc7ccccc7n6cc5C[C@]4(C)[C@H]3CC[C@@]21C. The van der Waals surface area contributed by atoms with E-state index in [4.69, 9.17) is 11.4 Å². The number of rotatable bonds is 0. The second kappa shape index (κ2) is 6.42. The summed E-state index contributed by atoms with van der Waals surface area (Å²) in [6, 6.07) is 10.9. The Balaban J connectivity index is 1.28. The van der Waals surface area contributed by atoms with Gasteiger partial charge in [-0.25, -0.2) is 4.98 Å². The van der Waals surface area contributed by atoms with E-state index in [0.29, 0.717) is 23.2 Å². The number of aliphatic hydroxyl groups is 1. The predicted molar refractivity (Wildman–Crippen MR) is 132 cm³/mol. The van der Waals surface area contributed by atoms with Crippen molar-refractivity contribution in [3.05, 3.63) is 47.8 Å². The van der Waals surface area contributed by atoms with Crippen molar-refractivity contribution in [3.8, 4) is 12.3 Å². The van der Waals surface area contributed by atoms with Crippen molar-refractivity contribution in [1.29, 1.82) is 0 Å². The number of benzene rings is 1. The smallest absolute Gasteiger partial charge is 0.138 e. The first-order chi connectivity index (χ1) is 15.9. The highest BCUT2D eigenvalue weighted by Gasteiger charge is 2.64. The van der Waals surface area contributed by atoms with E-state index in [0.717, 1.165) is 43.7 Å². The van der Waals surface area contributed by atoms with Crippen LogP contribution >= 0.6 is 0 Å². The molecule has 3 fully saturated rings. The third-order valence-corrected chi connectivity index (χ3v) is 11.1. The predicted octanol–water partition coefficient (Wildman–Crippen LogP) is 5.81. The first-order valence-electron chi connectivity index (χ1n) is 12.9. The summed E-state index contributed by atoms with van der Waals surface area (Å²) in [5.74, 6) is 5.51. The molecule has 0 unspecified atom stereocenters. The molecule has 0 bridgehead atoms. The minimum Gasteiger partial charge on any atom is -0.377 e. The molecule has 7 atom stereocenters. The summed E-state index contributed by atoms with van der Waals surface area (Å²) in [6.45, 7) is 4.88. The number of fused-ring (bicyclic) bond motifs is 9. The van der Waals surface area contributed by atoms with Crippen LogP contribution in [0.5, 0.6) is 0 Å².